The fraction of sp³-hybridized carbons (Fsp3) is 0.333. The second-order valence-corrected chi connectivity index (χ2v) is 3.34. The van der Waals surface area contributed by atoms with Gasteiger partial charge in [0.15, 0.2) is 5.82 Å². The Morgan fingerprint density at radius 3 is 2.69 bits per heavy atom. The molecule has 0 N–H and O–H groups in total. The number of hydrogen-bond acceptors (Lipinski definition) is 3. The number of hydrogen-bond donors (Lipinski definition) is 0. The first kappa shape index (κ1) is 13.0. The van der Waals surface area contributed by atoms with Crippen molar-refractivity contribution < 1.29 is 22.7 Å². The van der Waals surface area contributed by atoms with Crippen molar-refractivity contribution in [2.75, 3.05) is 7.11 Å². The van der Waals surface area contributed by atoms with Crippen molar-refractivity contribution >= 4 is 21.9 Å². The average Bonchev–Trinajstić information content (AvgIpc) is 2.28. The number of carbonyl (C=O) groups excluding carboxylic acids is 1. The number of ether oxygens (including phenoxy) is 1. The van der Waals surface area contributed by atoms with Crippen LogP contribution in [0.15, 0.2) is 6.07 Å². The summed E-state index contributed by atoms with van der Waals surface area (Å²) < 4.78 is 42.6. The molecule has 0 saturated carbocycles. The SMILES string of the molecule is COC(=O)c1cc(C(F)F)nc(CBr)c1F. The Balaban J connectivity index is 3.35. The fourth-order valence-electron chi connectivity index (χ4n) is 1.06. The minimum absolute atomic E-state index is 0.0661. The molecule has 1 aromatic heterocycles. The molecule has 0 fully saturated rings. The predicted molar refractivity (Wildman–Crippen MR) is 53.1 cm³/mol. The highest BCUT2D eigenvalue weighted by Crippen LogP contribution is 2.22. The van der Waals surface area contributed by atoms with Crippen LogP contribution in [0.5, 0.6) is 0 Å². The molecule has 1 heterocycles. The van der Waals surface area contributed by atoms with Gasteiger partial charge >= 0.3 is 5.97 Å². The Morgan fingerprint density at radius 2 is 2.25 bits per heavy atom. The van der Waals surface area contributed by atoms with Gasteiger partial charge in [-0.3, -0.25) is 0 Å². The van der Waals surface area contributed by atoms with Gasteiger partial charge in [-0.25, -0.2) is 22.9 Å². The minimum atomic E-state index is -2.87. The van der Waals surface area contributed by atoms with Crippen molar-refractivity contribution in [1.29, 1.82) is 0 Å². The number of alkyl halides is 3. The number of aromatic nitrogens is 1. The van der Waals surface area contributed by atoms with E-state index in [1.54, 1.807) is 0 Å². The first-order chi connectivity index (χ1) is 7.51. The normalized spacial score (nSPS) is 10.6. The van der Waals surface area contributed by atoms with E-state index >= 15 is 0 Å². The molecular weight excluding hydrogens is 291 g/mol. The van der Waals surface area contributed by atoms with E-state index in [-0.39, 0.29) is 11.0 Å². The van der Waals surface area contributed by atoms with Crippen molar-refractivity contribution in [2.45, 2.75) is 11.8 Å². The summed E-state index contributed by atoms with van der Waals surface area (Å²) in [7, 11) is 1.04. The highest BCUT2D eigenvalue weighted by molar-refractivity contribution is 9.08. The smallest absolute Gasteiger partial charge is 0.340 e. The third-order valence-electron chi connectivity index (χ3n) is 1.80. The van der Waals surface area contributed by atoms with Crippen molar-refractivity contribution in [1.82, 2.24) is 4.98 Å². The van der Waals surface area contributed by atoms with E-state index in [0.717, 1.165) is 7.11 Å². The number of rotatable bonds is 3. The minimum Gasteiger partial charge on any atom is -0.465 e. The lowest BCUT2D eigenvalue weighted by Gasteiger charge is -2.07. The van der Waals surface area contributed by atoms with Gasteiger partial charge in [0.2, 0.25) is 0 Å². The number of pyridine rings is 1. The molecule has 1 aromatic rings. The highest BCUT2D eigenvalue weighted by atomic mass is 79.9. The Kier molecular flexibility index (Phi) is 4.28. The third-order valence-corrected chi connectivity index (χ3v) is 2.33. The van der Waals surface area contributed by atoms with Crippen LogP contribution >= 0.6 is 15.9 Å². The van der Waals surface area contributed by atoms with Gasteiger partial charge in [0.1, 0.15) is 5.69 Å². The molecule has 88 valence electrons. The summed E-state index contributed by atoms with van der Waals surface area (Å²) in [5.41, 5.74) is -1.45. The molecule has 7 heteroatoms. The zero-order valence-electron chi connectivity index (χ0n) is 8.14. The molecule has 0 aromatic carbocycles. The summed E-state index contributed by atoms with van der Waals surface area (Å²) in [6.07, 6.45) is -2.87. The van der Waals surface area contributed by atoms with Gasteiger partial charge in [0, 0.05) is 5.33 Å². The van der Waals surface area contributed by atoms with Gasteiger partial charge in [-0.05, 0) is 6.07 Å². The average molecular weight is 298 g/mol. The van der Waals surface area contributed by atoms with Gasteiger partial charge in [0.25, 0.3) is 6.43 Å². The second kappa shape index (κ2) is 5.29. The molecule has 0 aliphatic rings. The fourth-order valence-corrected chi connectivity index (χ4v) is 1.43. The Labute approximate surface area is 97.8 Å². The summed E-state index contributed by atoms with van der Waals surface area (Å²) >= 11 is 2.90. The van der Waals surface area contributed by atoms with Crippen LogP contribution in [0.25, 0.3) is 0 Å². The molecule has 16 heavy (non-hydrogen) atoms. The topological polar surface area (TPSA) is 39.2 Å². The summed E-state index contributed by atoms with van der Waals surface area (Å²) in [6.45, 7) is 0. The lowest BCUT2D eigenvalue weighted by Crippen LogP contribution is -2.10. The van der Waals surface area contributed by atoms with E-state index in [0.29, 0.717) is 6.07 Å². The molecule has 0 atom stereocenters. The second-order valence-electron chi connectivity index (χ2n) is 2.78. The van der Waals surface area contributed by atoms with Crippen LogP contribution in [-0.2, 0) is 10.1 Å². The molecular formula is C9H7BrF3NO2. The standard InChI is InChI=1S/C9H7BrF3NO2/c1-16-9(15)4-2-5(8(12)13)14-6(3-10)7(4)11/h2,8H,3H2,1H3. The van der Waals surface area contributed by atoms with Gasteiger partial charge in [-0.1, -0.05) is 15.9 Å². The molecule has 0 spiro atoms. The number of carbonyl (C=O) groups is 1. The zero-order chi connectivity index (χ0) is 12.3. The molecule has 1 rings (SSSR count). The maximum atomic E-state index is 13.5. The Bertz CT molecular complexity index is 412. The van der Waals surface area contributed by atoms with Crippen LogP contribution < -0.4 is 0 Å². The van der Waals surface area contributed by atoms with Crippen LogP contribution in [0.2, 0.25) is 0 Å². The van der Waals surface area contributed by atoms with E-state index in [9.17, 15) is 18.0 Å². The van der Waals surface area contributed by atoms with Gasteiger partial charge in [-0.15, -0.1) is 0 Å². The largest absolute Gasteiger partial charge is 0.465 e. The monoisotopic (exact) mass is 297 g/mol. The van der Waals surface area contributed by atoms with Crippen molar-refractivity contribution in [3.05, 3.63) is 28.8 Å². The van der Waals surface area contributed by atoms with Gasteiger partial charge in [0.05, 0.1) is 18.4 Å². The van der Waals surface area contributed by atoms with E-state index in [4.69, 9.17) is 0 Å². The van der Waals surface area contributed by atoms with E-state index in [1.807, 2.05) is 0 Å². The van der Waals surface area contributed by atoms with Crippen molar-refractivity contribution in [3.8, 4) is 0 Å². The van der Waals surface area contributed by atoms with Crippen molar-refractivity contribution in [2.24, 2.45) is 0 Å². The zero-order valence-corrected chi connectivity index (χ0v) is 9.72. The molecule has 0 amide bonds. The summed E-state index contributed by atoms with van der Waals surface area (Å²) in [6, 6.07) is 0.692. The lowest BCUT2D eigenvalue weighted by molar-refractivity contribution is 0.0594. The summed E-state index contributed by atoms with van der Waals surface area (Å²) in [5.74, 6) is -1.96. The molecule has 0 aliphatic heterocycles. The summed E-state index contributed by atoms with van der Waals surface area (Å²) in [4.78, 5) is 14.5. The maximum Gasteiger partial charge on any atom is 0.340 e. The molecule has 0 bridgehead atoms. The first-order valence-corrected chi connectivity index (χ1v) is 5.25. The number of nitrogens with zero attached hydrogens (tertiary/aromatic N) is 1. The number of halogens is 4. The first-order valence-electron chi connectivity index (χ1n) is 4.13. The Morgan fingerprint density at radius 1 is 1.62 bits per heavy atom. The predicted octanol–water partition coefficient (Wildman–Crippen LogP) is 2.84. The molecule has 0 radical (unpaired) electrons. The van der Waals surface area contributed by atoms with E-state index in [1.165, 1.54) is 0 Å². The van der Waals surface area contributed by atoms with Crippen LogP contribution in [0, 0.1) is 5.82 Å². The van der Waals surface area contributed by atoms with Crippen LogP contribution in [0.4, 0.5) is 13.2 Å². The van der Waals surface area contributed by atoms with Crippen LogP contribution in [0.3, 0.4) is 0 Å². The van der Waals surface area contributed by atoms with Crippen LogP contribution in [0.1, 0.15) is 28.2 Å². The van der Waals surface area contributed by atoms with Crippen LogP contribution in [-0.4, -0.2) is 18.1 Å². The van der Waals surface area contributed by atoms with E-state index in [2.05, 4.69) is 25.7 Å². The number of esters is 1. The maximum absolute atomic E-state index is 13.5. The number of methoxy groups -OCH3 is 1. The van der Waals surface area contributed by atoms with Gasteiger partial charge < -0.3 is 4.74 Å². The molecule has 0 saturated heterocycles. The lowest BCUT2D eigenvalue weighted by atomic mass is 10.2. The van der Waals surface area contributed by atoms with Crippen molar-refractivity contribution in [3.63, 3.8) is 0 Å². The van der Waals surface area contributed by atoms with E-state index < -0.39 is 29.5 Å². The third kappa shape index (κ3) is 2.52. The molecule has 3 nitrogen and oxygen atoms in total. The van der Waals surface area contributed by atoms with Gasteiger partial charge in [-0.2, -0.15) is 0 Å². The summed E-state index contributed by atoms with van der Waals surface area (Å²) in [5, 5.41) is -0.0661. The Hall–Kier alpha value is -1.11. The molecule has 0 unspecified atom stereocenters. The highest BCUT2D eigenvalue weighted by Gasteiger charge is 2.21. The quantitative estimate of drug-likeness (QED) is 0.636. The molecule has 0 aliphatic carbocycles.